The van der Waals surface area contributed by atoms with Crippen LogP contribution in [0.5, 0.6) is 11.5 Å². The van der Waals surface area contributed by atoms with E-state index in [0.717, 1.165) is 15.6 Å². The third-order valence-electron chi connectivity index (χ3n) is 5.39. The van der Waals surface area contributed by atoms with Crippen LogP contribution in [-0.2, 0) is 10.2 Å². The first-order valence-electron chi connectivity index (χ1n) is 10.5. The van der Waals surface area contributed by atoms with Crippen molar-refractivity contribution >= 4 is 91.6 Å². The molecule has 0 atom stereocenters. The molecule has 0 spiro atoms. The Kier molecular flexibility index (Phi) is 9.46. The summed E-state index contributed by atoms with van der Waals surface area (Å²) < 4.78 is 14.7. The highest BCUT2D eigenvalue weighted by Crippen LogP contribution is 2.44. The third-order valence-corrected chi connectivity index (χ3v) is 8.27. The quantitative estimate of drug-likeness (QED) is 0.184. The maximum Gasteiger partial charge on any atom is 0.343 e. The maximum absolute atomic E-state index is 12.6. The third kappa shape index (κ3) is 6.66. The van der Waals surface area contributed by atoms with Gasteiger partial charge in [-0.3, -0.25) is 4.79 Å². The first-order chi connectivity index (χ1) is 16.3. The van der Waals surface area contributed by atoms with E-state index in [1.165, 1.54) is 0 Å². The van der Waals surface area contributed by atoms with Gasteiger partial charge in [0, 0.05) is 9.89 Å². The van der Waals surface area contributed by atoms with Gasteiger partial charge in [0.15, 0.2) is 11.5 Å². The molecule has 3 aromatic rings. The number of hydrogen-bond acceptors (Lipinski definition) is 4. The second-order valence-corrected chi connectivity index (χ2v) is 13.0. The van der Waals surface area contributed by atoms with Crippen molar-refractivity contribution in [1.82, 2.24) is 0 Å². The standard InChI is InChI=1S/C26H21Br5O4/c1-13(2)24(32)34-22-18(28)9-15(10-19(22)29)26(3,4)16-11-20(30)23(21(31)12-16)35-25(33)14-5-7-17(27)8-6-14/h5-13H,1-4H3. The van der Waals surface area contributed by atoms with E-state index < -0.39 is 11.4 Å². The second kappa shape index (κ2) is 11.6. The molecule has 0 aliphatic carbocycles. The van der Waals surface area contributed by atoms with Gasteiger partial charge in [-0.1, -0.05) is 43.6 Å². The van der Waals surface area contributed by atoms with Gasteiger partial charge in [-0.25, -0.2) is 4.79 Å². The van der Waals surface area contributed by atoms with Crippen molar-refractivity contribution in [2.75, 3.05) is 0 Å². The summed E-state index contributed by atoms with van der Waals surface area (Å²) in [6.07, 6.45) is 0. The van der Waals surface area contributed by atoms with Crippen LogP contribution in [0, 0.1) is 5.92 Å². The molecule has 3 rings (SSSR count). The summed E-state index contributed by atoms with van der Waals surface area (Å²) in [6.45, 7) is 7.75. The molecule has 0 heterocycles. The van der Waals surface area contributed by atoms with Gasteiger partial charge in [0.1, 0.15) is 0 Å². The molecule has 9 heteroatoms. The molecule has 0 amide bonds. The molecular formula is C26H21Br5O4. The van der Waals surface area contributed by atoms with E-state index in [2.05, 4.69) is 93.5 Å². The normalized spacial score (nSPS) is 11.5. The lowest BCUT2D eigenvalue weighted by molar-refractivity contribution is -0.137. The monoisotopic (exact) mass is 792 g/mol. The Bertz CT molecular complexity index is 1240. The molecule has 184 valence electrons. The molecule has 0 unspecified atom stereocenters. The molecule has 35 heavy (non-hydrogen) atoms. The van der Waals surface area contributed by atoms with Crippen LogP contribution >= 0.6 is 79.6 Å². The predicted octanol–water partition coefficient (Wildman–Crippen LogP) is 9.61. The molecule has 0 saturated carbocycles. The number of rotatable bonds is 6. The van der Waals surface area contributed by atoms with Crippen LogP contribution in [0.25, 0.3) is 0 Å². The summed E-state index contributed by atoms with van der Waals surface area (Å²) in [5, 5.41) is 0. The molecule has 0 aliphatic rings. The van der Waals surface area contributed by atoms with E-state index in [0.29, 0.717) is 35.0 Å². The van der Waals surface area contributed by atoms with Crippen molar-refractivity contribution in [1.29, 1.82) is 0 Å². The van der Waals surface area contributed by atoms with E-state index in [1.807, 2.05) is 24.3 Å². The van der Waals surface area contributed by atoms with E-state index in [-0.39, 0.29) is 11.9 Å². The Morgan fingerprint density at radius 3 is 1.51 bits per heavy atom. The van der Waals surface area contributed by atoms with Crippen LogP contribution in [-0.4, -0.2) is 11.9 Å². The van der Waals surface area contributed by atoms with Crippen LogP contribution in [0.3, 0.4) is 0 Å². The molecule has 0 radical (unpaired) electrons. The van der Waals surface area contributed by atoms with Crippen LogP contribution in [0.15, 0.2) is 70.9 Å². The number of esters is 2. The highest BCUT2D eigenvalue weighted by atomic mass is 79.9. The minimum atomic E-state index is -0.453. The molecule has 0 N–H and O–H groups in total. The van der Waals surface area contributed by atoms with E-state index in [9.17, 15) is 9.59 Å². The van der Waals surface area contributed by atoms with Gasteiger partial charge in [0.25, 0.3) is 0 Å². The lowest BCUT2D eigenvalue weighted by atomic mass is 9.78. The second-order valence-electron chi connectivity index (χ2n) is 8.64. The van der Waals surface area contributed by atoms with Crippen LogP contribution in [0.1, 0.15) is 49.2 Å². The zero-order valence-electron chi connectivity index (χ0n) is 19.2. The highest BCUT2D eigenvalue weighted by Gasteiger charge is 2.28. The lowest BCUT2D eigenvalue weighted by Crippen LogP contribution is -2.20. The van der Waals surface area contributed by atoms with Crippen LogP contribution in [0.4, 0.5) is 0 Å². The van der Waals surface area contributed by atoms with Gasteiger partial charge < -0.3 is 9.47 Å². The SMILES string of the molecule is CC(C)C(=O)Oc1c(Br)cc(C(C)(C)c2cc(Br)c(OC(=O)c3ccc(Br)cc3)c(Br)c2)cc1Br. The van der Waals surface area contributed by atoms with Gasteiger partial charge in [-0.05, 0) is 123 Å². The summed E-state index contributed by atoms with van der Waals surface area (Å²) in [6, 6.07) is 14.7. The Morgan fingerprint density at radius 2 is 1.11 bits per heavy atom. The number of hydrogen-bond donors (Lipinski definition) is 0. The first-order valence-corrected chi connectivity index (χ1v) is 14.5. The van der Waals surface area contributed by atoms with Gasteiger partial charge >= 0.3 is 11.9 Å². The summed E-state index contributed by atoms with van der Waals surface area (Å²) in [4.78, 5) is 24.7. The zero-order chi connectivity index (χ0) is 26.1. The van der Waals surface area contributed by atoms with Crippen molar-refractivity contribution in [3.8, 4) is 11.5 Å². The molecule has 0 fully saturated rings. The van der Waals surface area contributed by atoms with E-state index in [4.69, 9.17) is 9.47 Å². The number of carbonyl (C=O) groups is 2. The molecule has 0 aromatic heterocycles. The average Bonchev–Trinajstić information content (AvgIpc) is 2.78. The van der Waals surface area contributed by atoms with Crippen molar-refractivity contribution < 1.29 is 19.1 Å². The summed E-state index contributed by atoms with van der Waals surface area (Å²) in [5.74, 6) is -0.155. The zero-order valence-corrected chi connectivity index (χ0v) is 27.1. The number of carbonyl (C=O) groups excluding carboxylic acids is 2. The minimum Gasteiger partial charge on any atom is -0.424 e. The maximum atomic E-state index is 12.6. The fourth-order valence-electron chi connectivity index (χ4n) is 3.16. The Morgan fingerprint density at radius 1 is 0.714 bits per heavy atom. The smallest absolute Gasteiger partial charge is 0.343 e. The highest BCUT2D eigenvalue weighted by molar-refractivity contribution is 9.11. The molecular weight excluding hydrogens is 776 g/mol. The first kappa shape index (κ1) is 28.6. The van der Waals surface area contributed by atoms with Gasteiger partial charge in [0.05, 0.1) is 29.4 Å². The predicted molar refractivity (Wildman–Crippen MR) is 155 cm³/mol. The molecule has 0 bridgehead atoms. The minimum absolute atomic E-state index is 0.240. The lowest BCUT2D eigenvalue weighted by Gasteiger charge is -2.28. The van der Waals surface area contributed by atoms with E-state index in [1.54, 1.807) is 38.1 Å². The number of benzene rings is 3. The fraction of sp³-hybridized carbons (Fsp3) is 0.231. The van der Waals surface area contributed by atoms with Gasteiger partial charge in [0.2, 0.25) is 0 Å². The summed E-state index contributed by atoms with van der Waals surface area (Å²) in [7, 11) is 0. The molecule has 4 nitrogen and oxygen atoms in total. The Balaban J connectivity index is 1.92. The summed E-state index contributed by atoms with van der Waals surface area (Å²) in [5.41, 5.74) is 1.97. The van der Waals surface area contributed by atoms with Gasteiger partial charge in [-0.15, -0.1) is 0 Å². The van der Waals surface area contributed by atoms with Crippen molar-refractivity contribution in [2.45, 2.75) is 33.1 Å². The van der Waals surface area contributed by atoms with Crippen molar-refractivity contribution in [3.05, 3.63) is 87.6 Å². The van der Waals surface area contributed by atoms with E-state index >= 15 is 0 Å². The Labute approximate surface area is 246 Å². The fourth-order valence-corrected chi connectivity index (χ4v) is 6.12. The van der Waals surface area contributed by atoms with Crippen molar-refractivity contribution in [2.24, 2.45) is 5.92 Å². The number of halogens is 5. The van der Waals surface area contributed by atoms with Crippen molar-refractivity contribution in [3.63, 3.8) is 0 Å². The van der Waals surface area contributed by atoms with Crippen LogP contribution in [0.2, 0.25) is 0 Å². The number of ether oxygens (including phenoxy) is 2. The average molecular weight is 797 g/mol. The topological polar surface area (TPSA) is 52.6 Å². The molecule has 0 saturated heterocycles. The molecule has 3 aromatic carbocycles. The van der Waals surface area contributed by atoms with Gasteiger partial charge in [-0.2, -0.15) is 0 Å². The molecule has 0 aliphatic heterocycles. The van der Waals surface area contributed by atoms with Crippen LogP contribution < -0.4 is 9.47 Å². The largest absolute Gasteiger partial charge is 0.424 e. The Hall–Kier alpha value is -1.000. The summed E-state index contributed by atoms with van der Waals surface area (Å²) >= 11 is 17.6.